The summed E-state index contributed by atoms with van der Waals surface area (Å²) < 4.78 is 15.0. The minimum atomic E-state index is -0.221. The number of hydrogen-bond acceptors (Lipinski definition) is 2. The number of rotatable bonds is 4. The average Bonchev–Trinajstić information content (AvgIpc) is 2.89. The molecule has 21 heavy (non-hydrogen) atoms. The van der Waals surface area contributed by atoms with Gasteiger partial charge in [-0.1, -0.05) is 24.3 Å². The predicted octanol–water partition coefficient (Wildman–Crippen LogP) is 3.24. The second kappa shape index (κ2) is 5.79. The van der Waals surface area contributed by atoms with Crippen molar-refractivity contribution in [3.8, 4) is 0 Å². The molecule has 1 heterocycles. The molecule has 0 spiro atoms. The molecule has 0 saturated heterocycles. The highest BCUT2D eigenvalue weighted by Crippen LogP contribution is 2.13. The van der Waals surface area contributed by atoms with Gasteiger partial charge in [0, 0.05) is 31.0 Å². The van der Waals surface area contributed by atoms with Gasteiger partial charge in [-0.2, -0.15) is 0 Å². The van der Waals surface area contributed by atoms with E-state index in [9.17, 15) is 4.39 Å². The number of anilines is 1. The first-order valence-corrected chi connectivity index (χ1v) is 6.79. The molecular formula is C17H16FN3. The van der Waals surface area contributed by atoms with Gasteiger partial charge in [0.1, 0.15) is 11.6 Å². The number of nitrogens with zero attached hydrogens (tertiary/aromatic N) is 2. The Balaban J connectivity index is 1.79. The van der Waals surface area contributed by atoms with Crippen molar-refractivity contribution in [2.24, 2.45) is 0 Å². The maximum Gasteiger partial charge on any atom is 0.123 e. The summed E-state index contributed by atoms with van der Waals surface area (Å²) in [6.45, 7) is 0.724. The van der Waals surface area contributed by atoms with E-state index >= 15 is 0 Å². The van der Waals surface area contributed by atoms with Crippen LogP contribution in [0.15, 0.2) is 60.9 Å². The average molecular weight is 281 g/mol. The van der Waals surface area contributed by atoms with Crippen LogP contribution < -0.4 is 5.73 Å². The number of benzene rings is 2. The summed E-state index contributed by atoms with van der Waals surface area (Å²) in [5.74, 6) is 0.728. The molecule has 0 fully saturated rings. The van der Waals surface area contributed by atoms with Gasteiger partial charge in [0.25, 0.3) is 0 Å². The molecular weight excluding hydrogens is 265 g/mol. The van der Waals surface area contributed by atoms with Crippen molar-refractivity contribution in [2.75, 3.05) is 5.73 Å². The fourth-order valence-electron chi connectivity index (χ4n) is 2.32. The first-order chi connectivity index (χ1) is 10.2. The minimum absolute atomic E-state index is 0.221. The van der Waals surface area contributed by atoms with E-state index in [2.05, 4.69) is 9.55 Å². The van der Waals surface area contributed by atoms with Crippen LogP contribution in [0.4, 0.5) is 10.1 Å². The van der Waals surface area contributed by atoms with Crippen LogP contribution in [0.1, 0.15) is 17.0 Å². The molecule has 0 amide bonds. The second-order valence-corrected chi connectivity index (χ2v) is 5.02. The van der Waals surface area contributed by atoms with Crippen molar-refractivity contribution in [1.82, 2.24) is 9.55 Å². The summed E-state index contributed by atoms with van der Waals surface area (Å²) in [5.41, 5.74) is 8.73. The monoisotopic (exact) mass is 281 g/mol. The van der Waals surface area contributed by atoms with Gasteiger partial charge in [0.05, 0.1) is 0 Å². The summed E-state index contributed by atoms with van der Waals surface area (Å²) >= 11 is 0. The van der Waals surface area contributed by atoms with Crippen LogP contribution in [0.2, 0.25) is 0 Å². The Bertz CT molecular complexity index is 732. The third-order valence-electron chi connectivity index (χ3n) is 3.38. The highest BCUT2D eigenvalue weighted by atomic mass is 19.1. The van der Waals surface area contributed by atoms with Gasteiger partial charge in [-0.05, 0) is 35.4 Å². The van der Waals surface area contributed by atoms with E-state index in [0.717, 1.165) is 29.2 Å². The number of nitrogen functional groups attached to an aromatic ring is 1. The maximum atomic E-state index is 12.9. The quantitative estimate of drug-likeness (QED) is 0.746. The van der Waals surface area contributed by atoms with E-state index < -0.39 is 0 Å². The fourth-order valence-corrected chi connectivity index (χ4v) is 2.32. The number of halogens is 1. The van der Waals surface area contributed by atoms with Crippen LogP contribution >= 0.6 is 0 Å². The molecule has 2 N–H and O–H groups in total. The van der Waals surface area contributed by atoms with Gasteiger partial charge < -0.3 is 10.3 Å². The normalized spacial score (nSPS) is 10.7. The van der Waals surface area contributed by atoms with Crippen LogP contribution in [-0.4, -0.2) is 9.55 Å². The van der Waals surface area contributed by atoms with Gasteiger partial charge in [0.15, 0.2) is 0 Å². The molecule has 0 saturated carbocycles. The van der Waals surface area contributed by atoms with E-state index in [-0.39, 0.29) is 5.82 Å². The maximum absolute atomic E-state index is 12.9. The van der Waals surface area contributed by atoms with Gasteiger partial charge >= 0.3 is 0 Å². The number of nitrogens with two attached hydrogens (primary N) is 1. The standard InChI is InChI=1S/C17H16FN3/c18-15-6-4-13(5-7-15)11-17-20-8-9-21(17)12-14-2-1-3-16(19)10-14/h1-10H,11-12,19H2. The third-order valence-corrected chi connectivity index (χ3v) is 3.38. The summed E-state index contributed by atoms with van der Waals surface area (Å²) in [4.78, 5) is 4.39. The molecule has 3 rings (SSSR count). The van der Waals surface area contributed by atoms with Crippen LogP contribution in [0.5, 0.6) is 0 Å². The van der Waals surface area contributed by atoms with Gasteiger partial charge in [-0.15, -0.1) is 0 Å². The Hall–Kier alpha value is -2.62. The van der Waals surface area contributed by atoms with E-state index in [1.165, 1.54) is 12.1 Å². The summed E-state index contributed by atoms with van der Waals surface area (Å²) in [6.07, 6.45) is 4.41. The van der Waals surface area contributed by atoms with Gasteiger partial charge in [-0.25, -0.2) is 9.37 Å². The summed E-state index contributed by atoms with van der Waals surface area (Å²) in [5, 5.41) is 0. The molecule has 0 aliphatic rings. The van der Waals surface area contributed by atoms with Crippen molar-refractivity contribution in [1.29, 1.82) is 0 Å². The minimum Gasteiger partial charge on any atom is -0.399 e. The van der Waals surface area contributed by atoms with Gasteiger partial charge in [-0.3, -0.25) is 0 Å². The predicted molar refractivity (Wildman–Crippen MR) is 81.4 cm³/mol. The molecule has 0 bridgehead atoms. The largest absolute Gasteiger partial charge is 0.399 e. The zero-order chi connectivity index (χ0) is 14.7. The second-order valence-electron chi connectivity index (χ2n) is 5.02. The molecule has 1 aromatic heterocycles. The Morgan fingerprint density at radius 1 is 1.05 bits per heavy atom. The Labute approximate surface area is 122 Å². The molecule has 4 heteroatoms. The van der Waals surface area contributed by atoms with E-state index in [1.54, 1.807) is 18.3 Å². The lowest BCUT2D eigenvalue weighted by atomic mass is 10.1. The lowest BCUT2D eigenvalue weighted by Gasteiger charge is -2.09. The first-order valence-electron chi connectivity index (χ1n) is 6.79. The highest BCUT2D eigenvalue weighted by Gasteiger charge is 2.05. The number of imidazole rings is 1. The lowest BCUT2D eigenvalue weighted by molar-refractivity contribution is 0.627. The first kappa shape index (κ1) is 13.4. The molecule has 106 valence electrons. The lowest BCUT2D eigenvalue weighted by Crippen LogP contribution is -2.05. The van der Waals surface area contributed by atoms with Crippen LogP contribution in [0.25, 0.3) is 0 Å². The Morgan fingerprint density at radius 2 is 1.86 bits per heavy atom. The highest BCUT2D eigenvalue weighted by molar-refractivity contribution is 5.40. The van der Waals surface area contributed by atoms with Crippen molar-refractivity contribution in [3.63, 3.8) is 0 Å². The Morgan fingerprint density at radius 3 is 2.62 bits per heavy atom. The molecule has 0 aliphatic heterocycles. The topological polar surface area (TPSA) is 43.8 Å². The molecule has 0 unspecified atom stereocenters. The smallest absolute Gasteiger partial charge is 0.123 e. The SMILES string of the molecule is Nc1cccc(Cn2ccnc2Cc2ccc(F)cc2)c1. The zero-order valence-electron chi connectivity index (χ0n) is 11.5. The van der Waals surface area contributed by atoms with Crippen LogP contribution in [0, 0.1) is 5.82 Å². The summed E-state index contributed by atoms with van der Waals surface area (Å²) in [7, 11) is 0. The number of hydrogen-bond donors (Lipinski definition) is 1. The molecule has 0 atom stereocenters. The zero-order valence-corrected chi connectivity index (χ0v) is 11.5. The summed E-state index contributed by atoms with van der Waals surface area (Å²) in [6, 6.07) is 14.3. The molecule has 2 aromatic carbocycles. The van der Waals surface area contributed by atoms with Crippen molar-refractivity contribution in [3.05, 3.63) is 83.7 Å². The van der Waals surface area contributed by atoms with E-state index in [1.807, 2.05) is 30.5 Å². The van der Waals surface area contributed by atoms with E-state index in [4.69, 9.17) is 5.73 Å². The van der Waals surface area contributed by atoms with Crippen LogP contribution in [-0.2, 0) is 13.0 Å². The molecule has 0 radical (unpaired) electrons. The number of aromatic nitrogens is 2. The fraction of sp³-hybridized carbons (Fsp3) is 0.118. The third kappa shape index (κ3) is 3.28. The van der Waals surface area contributed by atoms with E-state index in [0.29, 0.717) is 6.42 Å². The van der Waals surface area contributed by atoms with Crippen molar-refractivity contribution < 1.29 is 4.39 Å². The molecule has 3 aromatic rings. The van der Waals surface area contributed by atoms with Crippen molar-refractivity contribution >= 4 is 5.69 Å². The molecule has 0 aliphatic carbocycles. The van der Waals surface area contributed by atoms with Gasteiger partial charge in [0.2, 0.25) is 0 Å². The Kier molecular flexibility index (Phi) is 3.69. The molecule has 3 nitrogen and oxygen atoms in total. The van der Waals surface area contributed by atoms with Crippen molar-refractivity contribution in [2.45, 2.75) is 13.0 Å². The van der Waals surface area contributed by atoms with Crippen LogP contribution in [0.3, 0.4) is 0 Å².